The normalized spacial score (nSPS) is 18.0. The summed E-state index contributed by atoms with van der Waals surface area (Å²) in [6.45, 7) is 7.36. The third-order valence-corrected chi connectivity index (χ3v) is 9.41. The van der Waals surface area contributed by atoms with Crippen LogP contribution >= 0.6 is 0 Å². The zero-order valence-electron chi connectivity index (χ0n) is 25.4. The molecule has 1 fully saturated rings. The Kier molecular flexibility index (Phi) is 8.91. The number of hydrogen-bond acceptors (Lipinski definition) is 11. The minimum atomic E-state index is -1.30. The highest BCUT2D eigenvalue weighted by Gasteiger charge is 2.53. The molecule has 0 unspecified atom stereocenters. The Labute approximate surface area is 255 Å². The number of hydrogen-bond donors (Lipinski definition) is 2. The van der Waals surface area contributed by atoms with E-state index in [0.29, 0.717) is 55.6 Å². The number of para-hydroxylation sites is 1. The molecule has 3 aromatic rings. The van der Waals surface area contributed by atoms with Gasteiger partial charge in [-0.1, -0.05) is 18.2 Å². The topological polar surface area (TPSA) is 130 Å². The number of rotatable bonds is 9. The molecule has 1 spiro atoms. The maximum absolute atomic E-state index is 13.2. The molecule has 1 saturated heterocycles. The minimum absolute atomic E-state index is 0.144. The van der Waals surface area contributed by atoms with Gasteiger partial charge >= 0.3 is 5.97 Å². The highest BCUT2D eigenvalue weighted by molar-refractivity contribution is 7.90. The average Bonchev–Trinajstić information content (AvgIpc) is 3.31. The SMILES string of the molecule is COC(=O)c1ncc(NCc2ccc(OC)cc2OC)nc1N1CCC2(CC1)Oc1ccccc1[C@H]2N[S@+]([O-])C(C)(C)C. The maximum atomic E-state index is 13.2. The van der Waals surface area contributed by atoms with Gasteiger partial charge in [0.1, 0.15) is 39.5 Å². The van der Waals surface area contributed by atoms with Gasteiger partial charge in [-0.2, -0.15) is 0 Å². The number of anilines is 2. The first-order chi connectivity index (χ1) is 20.6. The molecule has 5 rings (SSSR count). The van der Waals surface area contributed by atoms with Gasteiger partial charge in [-0.05, 0) is 39.0 Å². The number of nitrogens with one attached hydrogen (secondary N) is 2. The van der Waals surface area contributed by atoms with Gasteiger partial charge in [0, 0.05) is 61.0 Å². The number of carbonyl (C=O) groups excluding carboxylic acids is 1. The fraction of sp³-hybridized carbons (Fsp3) is 0.452. The number of ether oxygens (including phenoxy) is 4. The van der Waals surface area contributed by atoms with Crippen molar-refractivity contribution in [3.05, 3.63) is 65.5 Å². The van der Waals surface area contributed by atoms with Gasteiger partial charge in [-0.15, -0.1) is 4.72 Å². The Bertz CT molecular complexity index is 1460. The second-order valence-corrected chi connectivity index (χ2v) is 13.6. The molecule has 0 bridgehead atoms. The van der Waals surface area contributed by atoms with Crippen molar-refractivity contribution in [2.75, 3.05) is 44.6 Å². The summed E-state index contributed by atoms with van der Waals surface area (Å²) in [6, 6.07) is 13.3. The van der Waals surface area contributed by atoms with Crippen molar-refractivity contribution in [2.45, 2.75) is 56.5 Å². The van der Waals surface area contributed by atoms with Crippen molar-refractivity contribution in [2.24, 2.45) is 0 Å². The molecule has 2 atom stereocenters. The third kappa shape index (κ3) is 6.31. The van der Waals surface area contributed by atoms with Crippen LogP contribution in [0.25, 0.3) is 0 Å². The predicted octanol–water partition coefficient (Wildman–Crippen LogP) is 4.42. The van der Waals surface area contributed by atoms with Gasteiger partial charge in [0.2, 0.25) is 0 Å². The van der Waals surface area contributed by atoms with E-state index in [2.05, 4.69) is 15.0 Å². The zero-order valence-corrected chi connectivity index (χ0v) is 26.2. The third-order valence-electron chi connectivity index (χ3n) is 7.85. The van der Waals surface area contributed by atoms with Crippen LogP contribution in [0.4, 0.5) is 11.6 Å². The molecule has 0 saturated carbocycles. The fourth-order valence-corrected chi connectivity index (χ4v) is 6.33. The van der Waals surface area contributed by atoms with E-state index in [1.807, 2.05) is 68.1 Å². The molecule has 2 aliphatic rings. The first kappa shape index (κ1) is 30.7. The van der Waals surface area contributed by atoms with Crippen LogP contribution in [-0.2, 0) is 22.6 Å². The number of esters is 1. The van der Waals surface area contributed by atoms with Crippen molar-refractivity contribution >= 4 is 29.0 Å². The summed E-state index contributed by atoms with van der Waals surface area (Å²) in [4.78, 5) is 24.0. The molecule has 11 nitrogen and oxygen atoms in total. The zero-order chi connectivity index (χ0) is 30.8. The van der Waals surface area contributed by atoms with E-state index in [9.17, 15) is 9.35 Å². The van der Waals surface area contributed by atoms with Gasteiger partial charge in [0.25, 0.3) is 0 Å². The number of benzene rings is 2. The molecule has 43 heavy (non-hydrogen) atoms. The minimum Gasteiger partial charge on any atom is -0.598 e. The molecule has 12 heteroatoms. The van der Waals surface area contributed by atoms with E-state index >= 15 is 0 Å². The largest absolute Gasteiger partial charge is 0.598 e. The summed E-state index contributed by atoms with van der Waals surface area (Å²) in [6.07, 6.45) is 2.75. The highest BCUT2D eigenvalue weighted by atomic mass is 32.2. The van der Waals surface area contributed by atoms with Crippen LogP contribution in [0, 0.1) is 0 Å². The van der Waals surface area contributed by atoms with Crippen LogP contribution in [-0.4, -0.2) is 65.3 Å². The standard InChI is InChI=1S/C31H39N5O6S/c1-30(2,3)43(38)35-27-22-9-7-8-10-23(22)42-31(27)13-15-36(16-14-31)28-26(29(37)41-6)33-19-25(34-28)32-18-20-11-12-21(39-4)17-24(20)40-5/h7-12,17,19,27,35H,13-16,18H2,1-6H3,(H,32,34)/t27-,43-/m1/s1. The van der Waals surface area contributed by atoms with Crippen LogP contribution in [0.5, 0.6) is 17.2 Å². The Morgan fingerprint density at radius 3 is 2.56 bits per heavy atom. The molecule has 3 heterocycles. The second-order valence-electron chi connectivity index (χ2n) is 11.6. The summed E-state index contributed by atoms with van der Waals surface area (Å²) >= 11 is -1.30. The Morgan fingerprint density at radius 1 is 1.14 bits per heavy atom. The number of methoxy groups -OCH3 is 3. The molecule has 230 valence electrons. The van der Waals surface area contributed by atoms with Crippen molar-refractivity contribution in [3.8, 4) is 17.2 Å². The fourth-order valence-electron chi connectivity index (χ4n) is 5.43. The molecule has 2 N–H and O–H groups in total. The van der Waals surface area contributed by atoms with Crippen LogP contribution in [0.15, 0.2) is 48.7 Å². The van der Waals surface area contributed by atoms with E-state index in [1.165, 1.54) is 13.3 Å². The Balaban J connectivity index is 1.37. The van der Waals surface area contributed by atoms with E-state index in [-0.39, 0.29) is 11.7 Å². The highest BCUT2D eigenvalue weighted by Crippen LogP contribution is 2.49. The summed E-state index contributed by atoms with van der Waals surface area (Å²) in [5.74, 6) is 2.56. The van der Waals surface area contributed by atoms with Gasteiger partial charge in [0.05, 0.1) is 27.5 Å². The number of piperidine rings is 1. The predicted molar refractivity (Wildman–Crippen MR) is 165 cm³/mol. The lowest BCUT2D eigenvalue weighted by Crippen LogP contribution is -2.55. The molecule has 0 radical (unpaired) electrons. The van der Waals surface area contributed by atoms with Crippen LogP contribution in [0.1, 0.15) is 61.3 Å². The van der Waals surface area contributed by atoms with Gasteiger partial charge in [-0.3, -0.25) is 0 Å². The van der Waals surface area contributed by atoms with Crippen molar-refractivity contribution in [3.63, 3.8) is 0 Å². The molecule has 0 aliphatic carbocycles. The first-order valence-corrected chi connectivity index (χ1v) is 15.3. The van der Waals surface area contributed by atoms with E-state index < -0.39 is 27.7 Å². The molecule has 1 aromatic heterocycles. The molecule has 0 amide bonds. The first-order valence-electron chi connectivity index (χ1n) is 14.2. The van der Waals surface area contributed by atoms with E-state index in [1.54, 1.807) is 14.2 Å². The van der Waals surface area contributed by atoms with Crippen molar-refractivity contribution < 1.29 is 28.3 Å². The van der Waals surface area contributed by atoms with Crippen LogP contribution in [0.3, 0.4) is 0 Å². The van der Waals surface area contributed by atoms with Crippen LogP contribution < -0.4 is 29.1 Å². The van der Waals surface area contributed by atoms with E-state index in [0.717, 1.165) is 16.9 Å². The molecule has 2 aliphatic heterocycles. The number of fused-ring (bicyclic) bond motifs is 1. The lowest BCUT2D eigenvalue weighted by Gasteiger charge is -2.43. The molecular formula is C31H39N5O6S. The quantitative estimate of drug-likeness (QED) is 0.264. The second kappa shape index (κ2) is 12.5. The van der Waals surface area contributed by atoms with Gasteiger partial charge in [0.15, 0.2) is 11.5 Å². The average molecular weight is 610 g/mol. The Hall–Kier alpha value is -3.74. The monoisotopic (exact) mass is 609 g/mol. The Morgan fingerprint density at radius 2 is 1.88 bits per heavy atom. The van der Waals surface area contributed by atoms with Crippen molar-refractivity contribution in [1.29, 1.82) is 0 Å². The lowest BCUT2D eigenvalue weighted by molar-refractivity contribution is 0.0378. The lowest BCUT2D eigenvalue weighted by atomic mass is 9.83. The van der Waals surface area contributed by atoms with Crippen molar-refractivity contribution in [1.82, 2.24) is 14.7 Å². The number of carbonyl (C=O) groups is 1. The summed E-state index contributed by atoms with van der Waals surface area (Å²) in [5.41, 5.74) is 1.46. The molecule has 2 aromatic carbocycles. The number of aromatic nitrogens is 2. The van der Waals surface area contributed by atoms with Gasteiger partial charge in [-0.25, -0.2) is 14.8 Å². The summed E-state index contributed by atoms with van der Waals surface area (Å²) in [5, 5.41) is 3.30. The van der Waals surface area contributed by atoms with E-state index in [4.69, 9.17) is 23.9 Å². The summed E-state index contributed by atoms with van der Waals surface area (Å²) in [7, 11) is 4.55. The maximum Gasteiger partial charge on any atom is 0.360 e. The summed E-state index contributed by atoms with van der Waals surface area (Å²) < 4.78 is 38.6. The molecular weight excluding hydrogens is 570 g/mol. The van der Waals surface area contributed by atoms with Gasteiger partial charge < -0.3 is 33.7 Å². The smallest absolute Gasteiger partial charge is 0.360 e. The van der Waals surface area contributed by atoms with Crippen LogP contribution in [0.2, 0.25) is 0 Å². The number of nitrogens with zero attached hydrogens (tertiary/aromatic N) is 3.